The van der Waals surface area contributed by atoms with Gasteiger partial charge in [-0.2, -0.15) is 0 Å². The van der Waals surface area contributed by atoms with E-state index in [1.807, 2.05) is 0 Å². The van der Waals surface area contributed by atoms with Gasteiger partial charge in [0.05, 0.1) is 0 Å². The average molecular weight is 204 g/mol. The summed E-state index contributed by atoms with van der Waals surface area (Å²) >= 11 is 0. The SMILES string of the molecule is CCC1=C2C[C@]3(C)CCC[C@@H]3C2CC1=O. The topological polar surface area (TPSA) is 17.1 Å². The van der Waals surface area contributed by atoms with E-state index in [1.165, 1.54) is 31.3 Å². The molecule has 0 aromatic heterocycles. The fourth-order valence-electron chi connectivity index (χ4n) is 4.50. The van der Waals surface area contributed by atoms with Crippen LogP contribution < -0.4 is 0 Å². The first-order chi connectivity index (χ1) is 7.15. The molecule has 3 aliphatic carbocycles. The Morgan fingerprint density at radius 2 is 2.27 bits per heavy atom. The summed E-state index contributed by atoms with van der Waals surface area (Å²) in [7, 11) is 0. The van der Waals surface area contributed by atoms with Gasteiger partial charge in [-0.05, 0) is 48.5 Å². The van der Waals surface area contributed by atoms with Crippen LogP contribution in [0.2, 0.25) is 0 Å². The lowest BCUT2D eigenvalue weighted by Gasteiger charge is -2.25. The third-order valence-electron chi connectivity index (χ3n) is 5.17. The molecule has 1 unspecified atom stereocenters. The maximum absolute atomic E-state index is 11.9. The molecule has 2 saturated carbocycles. The molecule has 0 radical (unpaired) electrons. The van der Waals surface area contributed by atoms with Crippen LogP contribution in [-0.4, -0.2) is 5.78 Å². The molecule has 3 rings (SSSR count). The lowest BCUT2D eigenvalue weighted by Crippen LogP contribution is -2.19. The smallest absolute Gasteiger partial charge is 0.159 e. The summed E-state index contributed by atoms with van der Waals surface area (Å²) < 4.78 is 0. The zero-order chi connectivity index (χ0) is 10.6. The van der Waals surface area contributed by atoms with Gasteiger partial charge in [0.25, 0.3) is 0 Å². The predicted octanol–water partition coefficient (Wildman–Crippen LogP) is 3.49. The second-order valence-electron chi connectivity index (χ2n) is 5.92. The quantitative estimate of drug-likeness (QED) is 0.639. The Kier molecular flexibility index (Phi) is 1.90. The highest BCUT2D eigenvalue weighted by molar-refractivity contribution is 5.99. The molecule has 0 aromatic carbocycles. The van der Waals surface area contributed by atoms with Gasteiger partial charge >= 0.3 is 0 Å². The third kappa shape index (κ3) is 1.12. The highest BCUT2D eigenvalue weighted by atomic mass is 16.1. The molecule has 3 atom stereocenters. The maximum atomic E-state index is 11.9. The number of hydrogen-bond acceptors (Lipinski definition) is 1. The molecule has 15 heavy (non-hydrogen) atoms. The van der Waals surface area contributed by atoms with Crippen molar-refractivity contribution in [1.82, 2.24) is 0 Å². The van der Waals surface area contributed by atoms with Crippen molar-refractivity contribution in [1.29, 1.82) is 0 Å². The van der Waals surface area contributed by atoms with Gasteiger partial charge in [0.2, 0.25) is 0 Å². The summed E-state index contributed by atoms with van der Waals surface area (Å²) in [5, 5.41) is 0. The van der Waals surface area contributed by atoms with Gasteiger partial charge in [0.1, 0.15) is 0 Å². The highest BCUT2D eigenvalue weighted by Gasteiger charge is 2.53. The summed E-state index contributed by atoms with van der Waals surface area (Å²) in [6, 6.07) is 0. The molecule has 3 aliphatic rings. The van der Waals surface area contributed by atoms with Gasteiger partial charge < -0.3 is 0 Å². The summed E-state index contributed by atoms with van der Waals surface area (Å²) in [6.07, 6.45) is 7.20. The van der Waals surface area contributed by atoms with Crippen molar-refractivity contribution in [3.63, 3.8) is 0 Å². The van der Waals surface area contributed by atoms with Gasteiger partial charge in [-0.25, -0.2) is 0 Å². The molecule has 82 valence electrons. The van der Waals surface area contributed by atoms with Crippen molar-refractivity contribution >= 4 is 5.78 Å². The zero-order valence-corrected chi connectivity index (χ0v) is 9.81. The van der Waals surface area contributed by atoms with Crippen LogP contribution in [0, 0.1) is 17.3 Å². The van der Waals surface area contributed by atoms with Crippen molar-refractivity contribution in [3.8, 4) is 0 Å². The first kappa shape index (κ1) is 9.62. The van der Waals surface area contributed by atoms with Crippen LogP contribution in [0.15, 0.2) is 11.1 Å². The predicted molar refractivity (Wildman–Crippen MR) is 60.5 cm³/mol. The highest BCUT2D eigenvalue weighted by Crippen LogP contribution is 2.62. The Labute approximate surface area is 91.9 Å². The van der Waals surface area contributed by atoms with E-state index in [0.717, 1.165) is 18.8 Å². The van der Waals surface area contributed by atoms with Crippen LogP contribution in [0.1, 0.15) is 52.4 Å². The molecule has 0 aromatic rings. The van der Waals surface area contributed by atoms with E-state index >= 15 is 0 Å². The summed E-state index contributed by atoms with van der Waals surface area (Å²) in [5.74, 6) is 1.95. The van der Waals surface area contributed by atoms with E-state index in [1.54, 1.807) is 5.57 Å². The first-order valence-corrected chi connectivity index (χ1v) is 6.41. The molecule has 0 aliphatic heterocycles. The molecule has 1 heteroatoms. The number of Topliss-reactive ketones (excluding diaryl/α,β-unsaturated/α-hetero) is 1. The van der Waals surface area contributed by atoms with Gasteiger partial charge in [0, 0.05) is 6.42 Å². The number of carbonyl (C=O) groups excluding carboxylic acids is 1. The Bertz CT molecular complexity index is 352. The van der Waals surface area contributed by atoms with Gasteiger partial charge in [0.15, 0.2) is 5.78 Å². The molecule has 0 amide bonds. The Balaban J connectivity index is 2.02. The van der Waals surface area contributed by atoms with Crippen molar-refractivity contribution in [3.05, 3.63) is 11.1 Å². The van der Waals surface area contributed by atoms with Crippen molar-refractivity contribution < 1.29 is 4.79 Å². The van der Waals surface area contributed by atoms with Gasteiger partial charge in [-0.15, -0.1) is 0 Å². The Hall–Kier alpha value is -0.590. The minimum atomic E-state index is 0.464. The number of rotatable bonds is 1. The van der Waals surface area contributed by atoms with Crippen LogP contribution >= 0.6 is 0 Å². The zero-order valence-electron chi connectivity index (χ0n) is 9.81. The Morgan fingerprint density at radius 3 is 3.00 bits per heavy atom. The molecule has 0 N–H and O–H groups in total. The second kappa shape index (κ2) is 2.96. The minimum absolute atomic E-state index is 0.464. The number of carbonyl (C=O) groups is 1. The number of fused-ring (bicyclic) bond motifs is 3. The third-order valence-corrected chi connectivity index (χ3v) is 5.17. The molecule has 2 fully saturated rings. The van der Waals surface area contributed by atoms with E-state index in [2.05, 4.69) is 13.8 Å². The summed E-state index contributed by atoms with van der Waals surface area (Å²) in [4.78, 5) is 11.9. The van der Waals surface area contributed by atoms with Crippen LogP contribution in [0.4, 0.5) is 0 Å². The van der Waals surface area contributed by atoms with E-state index in [0.29, 0.717) is 17.1 Å². The minimum Gasteiger partial charge on any atom is -0.295 e. The van der Waals surface area contributed by atoms with Crippen molar-refractivity contribution in [2.45, 2.75) is 52.4 Å². The monoisotopic (exact) mass is 204 g/mol. The molecule has 0 spiro atoms. The second-order valence-corrected chi connectivity index (χ2v) is 5.92. The number of allylic oxidation sites excluding steroid dienone is 2. The lowest BCUT2D eigenvalue weighted by molar-refractivity contribution is -0.115. The molecule has 0 bridgehead atoms. The van der Waals surface area contributed by atoms with Crippen LogP contribution in [0.5, 0.6) is 0 Å². The number of hydrogen-bond donors (Lipinski definition) is 0. The molecule has 0 saturated heterocycles. The molecule has 0 heterocycles. The van der Waals surface area contributed by atoms with E-state index in [9.17, 15) is 4.79 Å². The van der Waals surface area contributed by atoms with E-state index in [4.69, 9.17) is 0 Å². The lowest BCUT2D eigenvalue weighted by atomic mass is 9.79. The van der Waals surface area contributed by atoms with E-state index < -0.39 is 0 Å². The fraction of sp³-hybridized carbons (Fsp3) is 0.786. The summed E-state index contributed by atoms with van der Waals surface area (Å²) in [5.41, 5.74) is 3.33. The van der Waals surface area contributed by atoms with E-state index in [-0.39, 0.29) is 0 Å². The van der Waals surface area contributed by atoms with Crippen molar-refractivity contribution in [2.75, 3.05) is 0 Å². The molecular weight excluding hydrogens is 184 g/mol. The van der Waals surface area contributed by atoms with Crippen LogP contribution in [0.25, 0.3) is 0 Å². The van der Waals surface area contributed by atoms with Crippen molar-refractivity contribution in [2.24, 2.45) is 17.3 Å². The maximum Gasteiger partial charge on any atom is 0.159 e. The number of ketones is 1. The van der Waals surface area contributed by atoms with Crippen LogP contribution in [0.3, 0.4) is 0 Å². The average Bonchev–Trinajstić information content (AvgIpc) is 2.74. The van der Waals surface area contributed by atoms with Gasteiger partial charge in [-0.3, -0.25) is 4.79 Å². The fourth-order valence-corrected chi connectivity index (χ4v) is 4.50. The normalized spacial score (nSPS) is 43.7. The Morgan fingerprint density at radius 1 is 1.47 bits per heavy atom. The standard InChI is InChI=1S/C14H20O/c1-3-9-11-8-14(2)6-4-5-12(14)10(11)7-13(9)15/h10,12H,3-8H2,1-2H3/t10?,12-,14+/m1/s1. The largest absolute Gasteiger partial charge is 0.295 e. The first-order valence-electron chi connectivity index (χ1n) is 6.41. The van der Waals surface area contributed by atoms with Crippen LogP contribution in [-0.2, 0) is 4.79 Å². The van der Waals surface area contributed by atoms with Gasteiger partial charge in [-0.1, -0.05) is 25.8 Å². The molecular formula is C14H20O. The molecule has 1 nitrogen and oxygen atoms in total. The summed E-state index contributed by atoms with van der Waals surface area (Å²) in [6.45, 7) is 4.59.